The summed E-state index contributed by atoms with van der Waals surface area (Å²) in [5.74, 6) is -0.692. The average Bonchev–Trinajstić information content (AvgIpc) is 3.23. The number of hydrogen-bond acceptors (Lipinski definition) is 4. The Hall–Kier alpha value is -3.97. The van der Waals surface area contributed by atoms with E-state index in [0.29, 0.717) is 22.3 Å². The van der Waals surface area contributed by atoms with Gasteiger partial charge in [-0.05, 0) is 59.7 Å². The van der Waals surface area contributed by atoms with Crippen molar-refractivity contribution < 1.29 is 13.9 Å². The fraction of sp³-hybridized carbons (Fsp3) is 0.0417. The normalized spacial score (nSPS) is 11.2. The van der Waals surface area contributed by atoms with E-state index in [4.69, 9.17) is 4.98 Å². The van der Waals surface area contributed by atoms with E-state index < -0.39 is 0 Å². The number of halogens is 2. The Kier molecular flexibility index (Phi) is 4.72. The minimum atomic E-state index is -0.349. The van der Waals surface area contributed by atoms with Gasteiger partial charge in [-0.15, -0.1) is 0 Å². The molecule has 0 saturated carbocycles. The lowest BCUT2D eigenvalue weighted by Gasteiger charge is -2.16. The molecule has 2 aromatic carbocycles. The Morgan fingerprint density at radius 2 is 1.32 bits per heavy atom. The standard InChI is InChI=1S/C24H16F2N4O/c25-18-5-1-15(2-6-18)21-20-13-30(14-31)29-24(20)28-23(17-3-7-19(26)8-4-17)22(21)16-9-11-27-12-10-16/h1-13,31H,14H2. The van der Waals surface area contributed by atoms with E-state index in [2.05, 4.69) is 10.1 Å². The molecule has 152 valence electrons. The monoisotopic (exact) mass is 414 g/mol. The highest BCUT2D eigenvalue weighted by molar-refractivity contribution is 6.05. The van der Waals surface area contributed by atoms with Gasteiger partial charge in [0.05, 0.1) is 5.69 Å². The smallest absolute Gasteiger partial charge is 0.182 e. The number of rotatable bonds is 4. The molecular weight excluding hydrogens is 398 g/mol. The summed E-state index contributed by atoms with van der Waals surface area (Å²) in [5, 5.41) is 14.7. The second-order valence-electron chi connectivity index (χ2n) is 7.01. The molecule has 0 amide bonds. The molecule has 0 spiro atoms. The zero-order valence-electron chi connectivity index (χ0n) is 16.2. The summed E-state index contributed by atoms with van der Waals surface area (Å²) >= 11 is 0. The number of hydrogen-bond donors (Lipinski definition) is 1. The van der Waals surface area contributed by atoms with Gasteiger partial charge in [0.25, 0.3) is 0 Å². The third-order valence-corrected chi connectivity index (χ3v) is 5.08. The largest absolute Gasteiger partial charge is 0.374 e. The van der Waals surface area contributed by atoms with Crippen LogP contribution in [-0.4, -0.2) is 24.9 Å². The van der Waals surface area contributed by atoms with Crippen molar-refractivity contribution in [3.63, 3.8) is 0 Å². The van der Waals surface area contributed by atoms with Gasteiger partial charge in [-0.2, -0.15) is 5.10 Å². The van der Waals surface area contributed by atoms with Gasteiger partial charge in [0.15, 0.2) is 5.65 Å². The molecule has 0 atom stereocenters. The minimum absolute atomic E-state index is 0.310. The lowest BCUT2D eigenvalue weighted by atomic mass is 9.90. The highest BCUT2D eigenvalue weighted by Gasteiger charge is 2.21. The molecular formula is C24H16F2N4O. The van der Waals surface area contributed by atoms with Gasteiger partial charge in [0.1, 0.15) is 18.4 Å². The number of aliphatic hydroxyl groups is 1. The fourth-order valence-electron chi connectivity index (χ4n) is 3.69. The molecule has 5 nitrogen and oxygen atoms in total. The molecule has 5 aromatic rings. The van der Waals surface area contributed by atoms with Gasteiger partial charge in [-0.1, -0.05) is 12.1 Å². The topological polar surface area (TPSA) is 63.8 Å². The van der Waals surface area contributed by atoms with Gasteiger partial charge < -0.3 is 5.11 Å². The first-order valence-corrected chi connectivity index (χ1v) is 9.58. The third kappa shape index (κ3) is 3.45. The van der Waals surface area contributed by atoms with Gasteiger partial charge in [0.2, 0.25) is 0 Å². The van der Waals surface area contributed by atoms with Crippen LogP contribution in [0.5, 0.6) is 0 Å². The summed E-state index contributed by atoms with van der Waals surface area (Å²) in [6, 6.07) is 16.0. The van der Waals surface area contributed by atoms with Crippen molar-refractivity contribution in [3.8, 4) is 33.5 Å². The number of aliphatic hydroxyl groups excluding tert-OH is 1. The summed E-state index contributed by atoms with van der Waals surface area (Å²) in [6.45, 7) is -0.310. The van der Waals surface area contributed by atoms with Crippen molar-refractivity contribution in [2.75, 3.05) is 0 Å². The molecule has 0 bridgehead atoms. The third-order valence-electron chi connectivity index (χ3n) is 5.08. The molecule has 0 fully saturated rings. The zero-order valence-corrected chi connectivity index (χ0v) is 16.2. The van der Waals surface area contributed by atoms with Gasteiger partial charge in [-0.3, -0.25) is 4.98 Å². The summed E-state index contributed by atoms with van der Waals surface area (Å²) in [5.41, 5.74) is 4.91. The summed E-state index contributed by atoms with van der Waals surface area (Å²) in [4.78, 5) is 8.87. The van der Waals surface area contributed by atoms with Gasteiger partial charge in [0, 0.05) is 40.7 Å². The molecule has 5 rings (SSSR count). The Labute approximate surface area is 176 Å². The molecule has 0 aliphatic heterocycles. The highest BCUT2D eigenvalue weighted by atomic mass is 19.1. The van der Waals surface area contributed by atoms with Crippen LogP contribution in [0.4, 0.5) is 8.78 Å². The molecule has 0 unspecified atom stereocenters. The van der Waals surface area contributed by atoms with Crippen LogP contribution in [0.3, 0.4) is 0 Å². The van der Waals surface area contributed by atoms with E-state index in [0.717, 1.165) is 22.3 Å². The molecule has 31 heavy (non-hydrogen) atoms. The molecule has 7 heteroatoms. The van der Waals surface area contributed by atoms with Crippen LogP contribution in [-0.2, 0) is 6.73 Å². The summed E-state index contributed by atoms with van der Waals surface area (Å²) in [7, 11) is 0. The SMILES string of the molecule is OCn1cc2c(-c3ccc(F)cc3)c(-c3ccncc3)c(-c3ccc(F)cc3)nc2n1. The van der Waals surface area contributed by atoms with Crippen LogP contribution in [0.2, 0.25) is 0 Å². The van der Waals surface area contributed by atoms with Gasteiger partial charge in [-0.25, -0.2) is 18.4 Å². The Bertz CT molecular complexity index is 1370. The maximum absolute atomic E-state index is 13.7. The zero-order chi connectivity index (χ0) is 21.4. The number of aromatic nitrogens is 4. The van der Waals surface area contributed by atoms with E-state index >= 15 is 0 Å². The van der Waals surface area contributed by atoms with E-state index in [1.807, 2.05) is 12.1 Å². The quantitative estimate of drug-likeness (QED) is 0.447. The predicted octanol–water partition coefficient (Wildman–Crippen LogP) is 5.06. The van der Waals surface area contributed by atoms with Crippen molar-refractivity contribution in [2.45, 2.75) is 6.73 Å². The fourth-order valence-corrected chi connectivity index (χ4v) is 3.69. The Morgan fingerprint density at radius 1 is 0.742 bits per heavy atom. The molecule has 0 radical (unpaired) electrons. The van der Waals surface area contributed by atoms with E-state index in [1.54, 1.807) is 42.9 Å². The lowest BCUT2D eigenvalue weighted by molar-refractivity contribution is 0.196. The van der Waals surface area contributed by atoms with E-state index in [-0.39, 0.29) is 18.4 Å². The average molecular weight is 414 g/mol. The highest BCUT2D eigenvalue weighted by Crippen LogP contribution is 2.42. The second-order valence-corrected chi connectivity index (χ2v) is 7.01. The maximum atomic E-state index is 13.7. The van der Waals surface area contributed by atoms with Crippen LogP contribution in [0, 0.1) is 11.6 Å². The van der Waals surface area contributed by atoms with Crippen LogP contribution in [0.25, 0.3) is 44.5 Å². The van der Waals surface area contributed by atoms with Crippen LogP contribution in [0.1, 0.15) is 0 Å². The van der Waals surface area contributed by atoms with Crippen molar-refractivity contribution in [1.82, 2.24) is 19.7 Å². The Morgan fingerprint density at radius 3 is 1.94 bits per heavy atom. The first kappa shape index (κ1) is 19.0. The van der Waals surface area contributed by atoms with E-state index in [9.17, 15) is 13.9 Å². The molecule has 1 N–H and O–H groups in total. The molecule has 3 aromatic heterocycles. The summed E-state index contributed by atoms with van der Waals surface area (Å²) in [6.07, 6.45) is 5.07. The molecule has 0 aliphatic carbocycles. The number of pyridine rings is 2. The second kappa shape index (κ2) is 7.70. The number of nitrogens with zero attached hydrogens (tertiary/aromatic N) is 4. The van der Waals surface area contributed by atoms with Crippen molar-refractivity contribution >= 4 is 11.0 Å². The Balaban J connectivity index is 1.93. The predicted molar refractivity (Wildman–Crippen MR) is 114 cm³/mol. The first-order valence-electron chi connectivity index (χ1n) is 9.58. The number of benzene rings is 2. The van der Waals surface area contributed by atoms with Crippen LogP contribution >= 0.6 is 0 Å². The maximum Gasteiger partial charge on any atom is 0.182 e. The van der Waals surface area contributed by atoms with Gasteiger partial charge >= 0.3 is 0 Å². The first-order chi connectivity index (χ1) is 15.1. The van der Waals surface area contributed by atoms with Crippen molar-refractivity contribution in [2.24, 2.45) is 0 Å². The molecule has 0 saturated heterocycles. The van der Waals surface area contributed by atoms with Crippen LogP contribution in [0.15, 0.2) is 79.3 Å². The van der Waals surface area contributed by atoms with Crippen molar-refractivity contribution in [1.29, 1.82) is 0 Å². The minimum Gasteiger partial charge on any atom is -0.374 e. The van der Waals surface area contributed by atoms with E-state index in [1.165, 1.54) is 28.9 Å². The summed E-state index contributed by atoms with van der Waals surface area (Å²) < 4.78 is 28.7. The van der Waals surface area contributed by atoms with Crippen molar-refractivity contribution in [3.05, 3.63) is 90.9 Å². The van der Waals surface area contributed by atoms with Crippen LogP contribution < -0.4 is 0 Å². The lowest BCUT2D eigenvalue weighted by Crippen LogP contribution is -1.97. The number of fused-ring (bicyclic) bond motifs is 1. The molecule has 3 heterocycles. The molecule has 0 aliphatic rings.